The number of non-ortho nitro benzene ring substituents is 1. The summed E-state index contributed by atoms with van der Waals surface area (Å²) in [6.45, 7) is 3.80. The van der Waals surface area contributed by atoms with Gasteiger partial charge in [-0.2, -0.15) is 0 Å². The Labute approximate surface area is 183 Å². The Morgan fingerprint density at radius 3 is 2.53 bits per heavy atom. The molecule has 32 heavy (non-hydrogen) atoms. The maximum atomic E-state index is 12.6. The van der Waals surface area contributed by atoms with Gasteiger partial charge in [0.1, 0.15) is 0 Å². The first-order valence-corrected chi connectivity index (χ1v) is 9.97. The monoisotopic (exact) mass is 436 g/mol. The van der Waals surface area contributed by atoms with Crippen molar-refractivity contribution >= 4 is 23.3 Å². The second-order valence-electron chi connectivity index (χ2n) is 7.57. The molecule has 2 heterocycles. The first-order chi connectivity index (χ1) is 15.3. The van der Waals surface area contributed by atoms with Crippen molar-refractivity contribution in [3.63, 3.8) is 0 Å². The Hall–Kier alpha value is -4.08. The van der Waals surface area contributed by atoms with Gasteiger partial charge >= 0.3 is 5.97 Å². The molecule has 0 unspecified atom stereocenters. The molecule has 3 aromatic rings. The van der Waals surface area contributed by atoms with Crippen molar-refractivity contribution in [2.24, 2.45) is 5.92 Å². The van der Waals surface area contributed by atoms with Crippen LogP contribution in [-0.4, -0.2) is 33.5 Å². The Bertz CT molecular complexity index is 1160. The lowest BCUT2D eigenvalue weighted by Gasteiger charge is -2.17. The van der Waals surface area contributed by atoms with Crippen LogP contribution >= 0.6 is 0 Å². The predicted molar refractivity (Wildman–Crippen MR) is 113 cm³/mol. The standard InChI is InChI=1S/C22H20N4O6/c1-13-3-7-17(8-4-13)25-12-16(11-19(25)27)22(28)31-14(2)20-23-24-21(32-20)15-5-9-18(10-6-15)26(29)30/h3-10,14,16H,11-12H2,1-2H3/t14-,16-/m0/s1. The van der Waals surface area contributed by atoms with E-state index in [1.807, 2.05) is 31.2 Å². The molecule has 1 saturated heterocycles. The van der Waals surface area contributed by atoms with E-state index in [-0.39, 0.29) is 36.3 Å². The number of hydrogen-bond acceptors (Lipinski definition) is 8. The minimum Gasteiger partial charge on any atom is -0.452 e. The molecule has 10 nitrogen and oxygen atoms in total. The smallest absolute Gasteiger partial charge is 0.312 e. The number of aromatic nitrogens is 2. The molecule has 4 rings (SSSR count). The van der Waals surface area contributed by atoms with Crippen molar-refractivity contribution in [3.05, 3.63) is 70.1 Å². The lowest BCUT2D eigenvalue weighted by Crippen LogP contribution is -2.26. The molecule has 0 aliphatic carbocycles. The number of ether oxygens (including phenoxy) is 1. The fourth-order valence-electron chi connectivity index (χ4n) is 3.40. The molecule has 0 N–H and O–H groups in total. The van der Waals surface area contributed by atoms with Crippen LogP contribution in [0.2, 0.25) is 0 Å². The number of benzene rings is 2. The molecule has 1 aromatic heterocycles. The van der Waals surface area contributed by atoms with Crippen LogP contribution in [0.5, 0.6) is 0 Å². The highest BCUT2D eigenvalue weighted by molar-refractivity contribution is 5.99. The van der Waals surface area contributed by atoms with Gasteiger partial charge in [0.2, 0.25) is 11.8 Å². The van der Waals surface area contributed by atoms with E-state index >= 15 is 0 Å². The largest absolute Gasteiger partial charge is 0.452 e. The van der Waals surface area contributed by atoms with Crippen LogP contribution in [0.3, 0.4) is 0 Å². The molecule has 0 radical (unpaired) electrons. The number of amides is 1. The zero-order chi connectivity index (χ0) is 22.8. The maximum absolute atomic E-state index is 12.6. The van der Waals surface area contributed by atoms with Crippen molar-refractivity contribution < 1.29 is 23.7 Å². The molecule has 2 aromatic carbocycles. The SMILES string of the molecule is Cc1ccc(N2C[C@@H](C(=O)O[C@@H](C)c3nnc(-c4ccc([N+](=O)[O-])cc4)o3)CC2=O)cc1. The summed E-state index contributed by atoms with van der Waals surface area (Å²) in [4.78, 5) is 36.9. The van der Waals surface area contributed by atoms with Gasteiger partial charge in [0.25, 0.3) is 11.6 Å². The van der Waals surface area contributed by atoms with E-state index in [9.17, 15) is 19.7 Å². The Kier molecular flexibility index (Phi) is 5.67. The molecule has 2 atom stereocenters. The Morgan fingerprint density at radius 2 is 1.88 bits per heavy atom. The topological polar surface area (TPSA) is 129 Å². The molecule has 0 spiro atoms. The molecular formula is C22H20N4O6. The number of nitro groups is 1. The highest BCUT2D eigenvalue weighted by atomic mass is 16.6. The summed E-state index contributed by atoms with van der Waals surface area (Å²) in [6, 6.07) is 13.2. The summed E-state index contributed by atoms with van der Waals surface area (Å²) in [5.41, 5.74) is 2.27. The van der Waals surface area contributed by atoms with Crippen LogP contribution in [-0.2, 0) is 14.3 Å². The maximum Gasteiger partial charge on any atom is 0.312 e. The van der Waals surface area contributed by atoms with E-state index in [1.54, 1.807) is 11.8 Å². The highest BCUT2D eigenvalue weighted by Crippen LogP contribution is 2.29. The van der Waals surface area contributed by atoms with Gasteiger partial charge in [0.05, 0.1) is 10.8 Å². The highest BCUT2D eigenvalue weighted by Gasteiger charge is 2.37. The van der Waals surface area contributed by atoms with Gasteiger partial charge in [-0.25, -0.2) is 0 Å². The minimum atomic E-state index is -0.815. The van der Waals surface area contributed by atoms with Crippen molar-refractivity contribution in [1.29, 1.82) is 0 Å². The second-order valence-corrected chi connectivity index (χ2v) is 7.57. The molecule has 1 amide bonds. The van der Waals surface area contributed by atoms with Crippen molar-refractivity contribution in [2.45, 2.75) is 26.4 Å². The van der Waals surface area contributed by atoms with Gasteiger partial charge in [-0.15, -0.1) is 10.2 Å². The lowest BCUT2D eigenvalue weighted by molar-refractivity contribution is -0.384. The van der Waals surface area contributed by atoms with Crippen LogP contribution in [0.25, 0.3) is 11.5 Å². The van der Waals surface area contributed by atoms with Gasteiger partial charge in [-0.3, -0.25) is 19.7 Å². The molecule has 1 aliphatic rings. The Morgan fingerprint density at radius 1 is 1.19 bits per heavy atom. The fraction of sp³-hybridized carbons (Fsp3) is 0.273. The van der Waals surface area contributed by atoms with E-state index in [1.165, 1.54) is 24.3 Å². The molecule has 0 bridgehead atoms. The number of anilines is 1. The number of esters is 1. The van der Waals surface area contributed by atoms with Crippen molar-refractivity contribution in [1.82, 2.24) is 10.2 Å². The number of nitrogens with zero attached hydrogens (tertiary/aromatic N) is 4. The summed E-state index contributed by atoms with van der Waals surface area (Å²) in [5, 5.41) is 18.6. The molecule has 0 saturated carbocycles. The van der Waals surface area contributed by atoms with Crippen LogP contribution in [0.1, 0.15) is 30.9 Å². The quantitative estimate of drug-likeness (QED) is 0.326. The van der Waals surface area contributed by atoms with Gasteiger partial charge in [0, 0.05) is 36.3 Å². The normalized spacial score (nSPS) is 16.8. The third kappa shape index (κ3) is 4.34. The number of carbonyl (C=O) groups is 2. The van der Waals surface area contributed by atoms with Gasteiger partial charge in [0.15, 0.2) is 6.10 Å². The summed E-state index contributed by atoms with van der Waals surface area (Å²) < 4.78 is 11.0. The summed E-state index contributed by atoms with van der Waals surface area (Å²) in [5.74, 6) is -1.01. The summed E-state index contributed by atoms with van der Waals surface area (Å²) in [7, 11) is 0. The fourth-order valence-corrected chi connectivity index (χ4v) is 3.40. The van der Waals surface area contributed by atoms with E-state index in [4.69, 9.17) is 9.15 Å². The average molecular weight is 436 g/mol. The van der Waals surface area contributed by atoms with E-state index in [0.29, 0.717) is 5.56 Å². The molecule has 1 aliphatic heterocycles. The average Bonchev–Trinajstić information content (AvgIpc) is 3.42. The van der Waals surface area contributed by atoms with E-state index in [0.717, 1.165) is 11.3 Å². The van der Waals surface area contributed by atoms with E-state index in [2.05, 4.69) is 10.2 Å². The number of hydrogen-bond donors (Lipinski definition) is 0. The Balaban J connectivity index is 1.39. The first kappa shape index (κ1) is 21.2. The van der Waals surface area contributed by atoms with Gasteiger partial charge in [-0.05, 0) is 38.1 Å². The molecule has 1 fully saturated rings. The van der Waals surface area contributed by atoms with Crippen LogP contribution < -0.4 is 4.90 Å². The molecule has 10 heteroatoms. The van der Waals surface area contributed by atoms with Gasteiger partial charge in [-0.1, -0.05) is 17.7 Å². The molecular weight excluding hydrogens is 416 g/mol. The second kappa shape index (κ2) is 8.58. The third-order valence-corrected chi connectivity index (χ3v) is 5.21. The first-order valence-electron chi connectivity index (χ1n) is 9.97. The zero-order valence-electron chi connectivity index (χ0n) is 17.4. The molecule has 164 valence electrons. The van der Waals surface area contributed by atoms with E-state index < -0.39 is 22.9 Å². The minimum absolute atomic E-state index is 0.0541. The van der Waals surface area contributed by atoms with Crippen LogP contribution in [0.15, 0.2) is 52.9 Å². The zero-order valence-corrected chi connectivity index (χ0v) is 17.4. The van der Waals surface area contributed by atoms with Gasteiger partial charge < -0.3 is 14.1 Å². The van der Waals surface area contributed by atoms with Crippen LogP contribution in [0, 0.1) is 23.0 Å². The number of aryl methyl sites for hydroxylation is 1. The number of nitro benzene ring substituents is 1. The van der Waals surface area contributed by atoms with Crippen molar-refractivity contribution in [3.8, 4) is 11.5 Å². The number of carbonyl (C=O) groups excluding carboxylic acids is 2. The lowest BCUT2D eigenvalue weighted by atomic mass is 10.1. The van der Waals surface area contributed by atoms with Crippen LogP contribution in [0.4, 0.5) is 11.4 Å². The van der Waals surface area contributed by atoms with Crippen molar-refractivity contribution in [2.75, 3.05) is 11.4 Å². The number of rotatable bonds is 6. The third-order valence-electron chi connectivity index (χ3n) is 5.21. The predicted octanol–water partition coefficient (Wildman–Crippen LogP) is 3.61. The summed E-state index contributed by atoms with van der Waals surface area (Å²) >= 11 is 0. The summed E-state index contributed by atoms with van der Waals surface area (Å²) in [6.07, 6.45) is -0.748.